The summed E-state index contributed by atoms with van der Waals surface area (Å²) in [5.74, 6) is 3.67. The first-order valence-electron chi connectivity index (χ1n) is 6.81. The van der Waals surface area contributed by atoms with Crippen molar-refractivity contribution in [3.8, 4) is 0 Å². The average Bonchev–Trinajstić information content (AvgIpc) is 2.76. The predicted octanol–water partition coefficient (Wildman–Crippen LogP) is 2.20. The van der Waals surface area contributed by atoms with E-state index in [1.165, 1.54) is 50.4 Å². The lowest BCUT2D eigenvalue weighted by Crippen LogP contribution is -2.37. The molecule has 94 valence electrons. The van der Waals surface area contributed by atoms with Gasteiger partial charge in [-0.2, -0.15) is 11.8 Å². The topological polar surface area (TPSA) is 15.3 Å². The van der Waals surface area contributed by atoms with Gasteiger partial charge >= 0.3 is 0 Å². The predicted molar refractivity (Wildman–Crippen MR) is 73.2 cm³/mol. The number of hydrogen-bond acceptors (Lipinski definition) is 3. The number of hydrogen-bond donors (Lipinski definition) is 1. The van der Waals surface area contributed by atoms with E-state index in [-0.39, 0.29) is 0 Å². The fourth-order valence-electron chi connectivity index (χ4n) is 2.81. The largest absolute Gasteiger partial charge is 0.314 e. The molecule has 0 aromatic rings. The highest BCUT2D eigenvalue weighted by molar-refractivity contribution is 7.99. The Kier molecular flexibility index (Phi) is 4.98. The fraction of sp³-hybridized carbons (Fsp3) is 1.00. The van der Waals surface area contributed by atoms with Crippen molar-refractivity contribution in [1.82, 2.24) is 10.2 Å². The van der Waals surface area contributed by atoms with Crippen molar-refractivity contribution >= 4 is 11.8 Å². The number of rotatable bonds is 4. The minimum atomic E-state index is 0.639. The van der Waals surface area contributed by atoms with E-state index in [1.807, 2.05) is 0 Å². The van der Waals surface area contributed by atoms with Gasteiger partial charge in [0, 0.05) is 18.6 Å². The smallest absolute Gasteiger partial charge is 0.0111 e. The van der Waals surface area contributed by atoms with Crippen molar-refractivity contribution in [2.75, 3.05) is 31.1 Å². The van der Waals surface area contributed by atoms with Gasteiger partial charge in [0.1, 0.15) is 0 Å². The normalized spacial score (nSPS) is 29.1. The van der Waals surface area contributed by atoms with E-state index in [4.69, 9.17) is 0 Å². The lowest BCUT2D eigenvalue weighted by Gasteiger charge is -2.30. The van der Waals surface area contributed by atoms with Crippen LogP contribution in [0.2, 0.25) is 0 Å². The monoisotopic (exact) mass is 242 g/mol. The highest BCUT2D eigenvalue weighted by Crippen LogP contribution is 2.26. The van der Waals surface area contributed by atoms with E-state index < -0.39 is 0 Å². The molecule has 2 heterocycles. The van der Waals surface area contributed by atoms with Crippen molar-refractivity contribution < 1.29 is 0 Å². The molecule has 3 heteroatoms. The zero-order valence-electron chi connectivity index (χ0n) is 10.7. The lowest BCUT2D eigenvalue weighted by molar-refractivity contribution is 0.220. The van der Waals surface area contributed by atoms with E-state index in [0.717, 1.165) is 12.0 Å². The summed E-state index contributed by atoms with van der Waals surface area (Å²) in [5, 5.41) is 3.58. The second-order valence-corrected chi connectivity index (χ2v) is 6.78. The van der Waals surface area contributed by atoms with E-state index in [2.05, 4.69) is 35.8 Å². The zero-order chi connectivity index (χ0) is 11.4. The van der Waals surface area contributed by atoms with Crippen LogP contribution in [-0.2, 0) is 0 Å². The molecule has 0 saturated carbocycles. The van der Waals surface area contributed by atoms with Crippen LogP contribution < -0.4 is 5.32 Å². The van der Waals surface area contributed by atoms with Gasteiger partial charge < -0.3 is 5.32 Å². The van der Waals surface area contributed by atoms with Crippen molar-refractivity contribution in [2.45, 2.75) is 45.2 Å². The van der Waals surface area contributed by atoms with E-state index in [0.29, 0.717) is 6.04 Å². The van der Waals surface area contributed by atoms with Gasteiger partial charge in [0.05, 0.1) is 0 Å². The molecular weight excluding hydrogens is 216 g/mol. The summed E-state index contributed by atoms with van der Waals surface area (Å²) in [5.41, 5.74) is 0. The second kappa shape index (κ2) is 6.27. The molecule has 0 aromatic carbocycles. The van der Waals surface area contributed by atoms with Gasteiger partial charge in [0.15, 0.2) is 0 Å². The molecule has 0 amide bonds. The molecule has 0 bridgehead atoms. The minimum Gasteiger partial charge on any atom is -0.314 e. The molecular formula is C13H26N2S. The quantitative estimate of drug-likeness (QED) is 0.814. The van der Waals surface area contributed by atoms with Gasteiger partial charge in [-0.15, -0.1) is 0 Å². The molecule has 0 radical (unpaired) electrons. The highest BCUT2D eigenvalue weighted by Gasteiger charge is 2.28. The van der Waals surface area contributed by atoms with Crippen LogP contribution in [0.1, 0.15) is 33.1 Å². The average molecular weight is 242 g/mol. The van der Waals surface area contributed by atoms with Gasteiger partial charge in [-0.25, -0.2) is 0 Å². The molecule has 1 unspecified atom stereocenters. The number of nitrogens with zero attached hydrogens (tertiary/aromatic N) is 1. The Hall–Kier alpha value is 0.270. The molecule has 0 aromatic heterocycles. The Bertz CT molecular complexity index is 202. The van der Waals surface area contributed by atoms with Crippen LogP contribution in [0.3, 0.4) is 0 Å². The standard InChI is InChI=1S/C13H26N2S/c1-11(2)14-9-12-3-6-15(10-12)13-4-7-16-8-5-13/h11-14H,3-10H2,1-2H3. The summed E-state index contributed by atoms with van der Waals surface area (Å²) >= 11 is 2.13. The zero-order valence-corrected chi connectivity index (χ0v) is 11.6. The lowest BCUT2D eigenvalue weighted by atomic mass is 10.1. The molecule has 0 spiro atoms. The second-order valence-electron chi connectivity index (χ2n) is 5.56. The highest BCUT2D eigenvalue weighted by atomic mass is 32.2. The fourth-order valence-corrected chi connectivity index (χ4v) is 3.90. The molecule has 16 heavy (non-hydrogen) atoms. The third kappa shape index (κ3) is 3.64. The summed E-state index contributed by atoms with van der Waals surface area (Å²) in [6.45, 7) is 8.39. The third-order valence-corrected chi connectivity index (χ3v) is 4.89. The Labute approximate surface area is 105 Å². The van der Waals surface area contributed by atoms with E-state index >= 15 is 0 Å². The van der Waals surface area contributed by atoms with Gasteiger partial charge in [0.2, 0.25) is 0 Å². The van der Waals surface area contributed by atoms with Crippen LogP contribution >= 0.6 is 11.8 Å². The molecule has 2 saturated heterocycles. The Morgan fingerprint density at radius 3 is 2.69 bits per heavy atom. The number of nitrogens with one attached hydrogen (secondary N) is 1. The molecule has 2 rings (SSSR count). The maximum atomic E-state index is 3.58. The summed E-state index contributed by atoms with van der Waals surface area (Å²) in [6.07, 6.45) is 4.26. The van der Waals surface area contributed by atoms with Crippen molar-refractivity contribution in [3.05, 3.63) is 0 Å². The van der Waals surface area contributed by atoms with Crippen LogP contribution in [0.4, 0.5) is 0 Å². The molecule has 2 fully saturated rings. The molecule has 1 atom stereocenters. The first-order valence-corrected chi connectivity index (χ1v) is 7.96. The molecule has 0 aliphatic carbocycles. The Balaban J connectivity index is 1.70. The maximum absolute atomic E-state index is 3.58. The third-order valence-electron chi connectivity index (χ3n) is 3.84. The Morgan fingerprint density at radius 1 is 1.25 bits per heavy atom. The van der Waals surface area contributed by atoms with Crippen molar-refractivity contribution in [2.24, 2.45) is 5.92 Å². The molecule has 1 N–H and O–H groups in total. The van der Waals surface area contributed by atoms with Crippen LogP contribution in [0.15, 0.2) is 0 Å². The van der Waals surface area contributed by atoms with Crippen molar-refractivity contribution in [1.29, 1.82) is 0 Å². The van der Waals surface area contributed by atoms with Crippen LogP contribution in [-0.4, -0.2) is 48.1 Å². The van der Waals surface area contributed by atoms with Gasteiger partial charge in [-0.1, -0.05) is 13.8 Å². The van der Waals surface area contributed by atoms with Gasteiger partial charge in [-0.3, -0.25) is 4.90 Å². The van der Waals surface area contributed by atoms with Crippen molar-refractivity contribution in [3.63, 3.8) is 0 Å². The SMILES string of the molecule is CC(C)NCC1CCN(C2CCSCC2)C1. The summed E-state index contributed by atoms with van der Waals surface area (Å²) in [6, 6.07) is 1.55. The van der Waals surface area contributed by atoms with Gasteiger partial charge in [-0.05, 0) is 49.8 Å². The summed E-state index contributed by atoms with van der Waals surface area (Å²) in [4.78, 5) is 2.76. The van der Waals surface area contributed by atoms with Gasteiger partial charge in [0.25, 0.3) is 0 Å². The summed E-state index contributed by atoms with van der Waals surface area (Å²) < 4.78 is 0. The molecule has 2 aliphatic heterocycles. The minimum absolute atomic E-state index is 0.639. The first-order chi connectivity index (χ1) is 7.75. The Morgan fingerprint density at radius 2 is 2.00 bits per heavy atom. The number of thioether (sulfide) groups is 1. The van der Waals surface area contributed by atoms with E-state index in [9.17, 15) is 0 Å². The number of likely N-dealkylation sites (tertiary alicyclic amines) is 1. The van der Waals surface area contributed by atoms with Crippen LogP contribution in [0, 0.1) is 5.92 Å². The van der Waals surface area contributed by atoms with E-state index in [1.54, 1.807) is 0 Å². The molecule has 2 nitrogen and oxygen atoms in total. The van der Waals surface area contributed by atoms with Crippen LogP contribution in [0.5, 0.6) is 0 Å². The first kappa shape index (κ1) is 12.7. The maximum Gasteiger partial charge on any atom is 0.0111 e. The molecule has 2 aliphatic rings. The summed E-state index contributed by atoms with van der Waals surface area (Å²) in [7, 11) is 0. The van der Waals surface area contributed by atoms with Crippen LogP contribution in [0.25, 0.3) is 0 Å².